The molecule has 1 heterocycles. The molecule has 0 amide bonds. The van der Waals surface area contributed by atoms with Crippen LogP contribution in [0.3, 0.4) is 0 Å². The molecule has 0 radical (unpaired) electrons. The van der Waals surface area contributed by atoms with E-state index in [1.807, 2.05) is 0 Å². The molecule has 0 unspecified atom stereocenters. The predicted molar refractivity (Wildman–Crippen MR) is 74.4 cm³/mol. The Labute approximate surface area is 110 Å². The predicted octanol–water partition coefficient (Wildman–Crippen LogP) is 3.64. The van der Waals surface area contributed by atoms with Crippen LogP contribution in [-0.2, 0) is 0 Å². The van der Waals surface area contributed by atoms with Crippen LogP contribution in [0.25, 0.3) is 41.8 Å². The van der Waals surface area contributed by atoms with Crippen LogP contribution in [0.15, 0.2) is 24.1 Å². The van der Waals surface area contributed by atoms with Gasteiger partial charge in [0.2, 0.25) is 7.51 Å². The Balaban J connectivity index is 3.65. The van der Waals surface area contributed by atoms with E-state index in [2.05, 4.69) is 53.4 Å². The van der Waals surface area contributed by atoms with E-state index in [1.54, 1.807) is 0 Å². The molecule has 0 aromatic carbocycles. The third-order valence-corrected chi connectivity index (χ3v) is 9.62. The number of hydrogen-bond acceptors (Lipinski definition) is 9. The van der Waals surface area contributed by atoms with Crippen molar-refractivity contribution in [2.75, 3.05) is 0 Å². The van der Waals surface area contributed by atoms with Gasteiger partial charge in [-0.05, 0) is 22.1 Å². The summed E-state index contributed by atoms with van der Waals surface area (Å²) in [6.45, 7) is 0. The van der Waals surface area contributed by atoms with Crippen molar-refractivity contribution >= 4 is 23.2 Å². The van der Waals surface area contributed by atoms with E-state index in [4.69, 9.17) is 33.1 Å². The fraction of sp³-hybridized carbons (Fsp3) is 0. The molecule has 0 aromatic heterocycles. The molecule has 6 N–H and O–H groups in total. The number of hydrogen-bond donors (Lipinski definition) is 4. The molecule has 104 valence electrons. The van der Waals surface area contributed by atoms with Crippen molar-refractivity contribution < 1.29 is 0 Å². The molecule has 0 saturated heterocycles. The van der Waals surface area contributed by atoms with Gasteiger partial charge in [0.25, 0.3) is 0 Å². The molecule has 20 heavy (non-hydrogen) atoms. The summed E-state index contributed by atoms with van der Waals surface area (Å²) in [5, 5.41) is 0. The van der Waals surface area contributed by atoms with Crippen LogP contribution in [0.5, 0.6) is 0 Å². The minimum Gasteiger partial charge on any atom is -0.268 e. The molecule has 0 fully saturated rings. The van der Waals surface area contributed by atoms with Crippen molar-refractivity contribution in [1.29, 1.82) is 0 Å². The van der Waals surface area contributed by atoms with Gasteiger partial charge in [0.05, 0.1) is 0 Å². The third-order valence-electron chi connectivity index (χ3n) is 1.51. The van der Waals surface area contributed by atoms with Crippen LogP contribution in [0.4, 0.5) is 0 Å². The summed E-state index contributed by atoms with van der Waals surface area (Å²) < 4.78 is 3.76. The maximum Gasteiger partial charge on any atom is 0.462 e. The summed E-state index contributed by atoms with van der Waals surface area (Å²) in [7, 11) is -10.5. The minimum absolute atomic E-state index is 2.37. The van der Waals surface area contributed by atoms with Crippen molar-refractivity contribution in [1.82, 2.24) is 9.72 Å². The Bertz CT molecular complexity index is 598. The summed E-state index contributed by atoms with van der Waals surface area (Å²) in [5.74, 6) is 0. The summed E-state index contributed by atoms with van der Waals surface area (Å²) in [4.78, 5) is 27.8. The molecule has 1 aliphatic heterocycles. The highest BCUT2D eigenvalue weighted by Crippen LogP contribution is 2.79. The first-order valence-corrected chi connectivity index (χ1v) is 9.43. The van der Waals surface area contributed by atoms with E-state index < -0.39 is 23.2 Å². The Kier molecular flexibility index (Phi) is 4.93. The third kappa shape index (κ3) is 3.60. The quantitative estimate of drug-likeness (QED) is 0.258. The van der Waals surface area contributed by atoms with Crippen molar-refractivity contribution in [3.8, 4) is 0 Å². The van der Waals surface area contributed by atoms with Crippen LogP contribution in [0, 0.1) is 0 Å². The lowest BCUT2D eigenvalue weighted by Gasteiger charge is -2.24. The highest BCUT2D eigenvalue weighted by Gasteiger charge is 2.63. The van der Waals surface area contributed by atoms with Crippen molar-refractivity contribution in [2.24, 2.45) is 35.1 Å². The van der Waals surface area contributed by atoms with Crippen molar-refractivity contribution in [2.45, 2.75) is 0 Å². The topological polar surface area (TPSA) is 283 Å². The van der Waals surface area contributed by atoms with E-state index in [1.165, 1.54) is 0 Å². The summed E-state index contributed by atoms with van der Waals surface area (Å²) >= 11 is 0. The molecule has 0 saturated carbocycles. The smallest absolute Gasteiger partial charge is 0.268 e. The first kappa shape index (κ1) is 16.2. The van der Waals surface area contributed by atoms with Crippen LogP contribution in [0.2, 0.25) is 0 Å². The van der Waals surface area contributed by atoms with E-state index in [0.29, 0.717) is 0 Å². The normalized spacial score (nSPS) is 30.3. The van der Waals surface area contributed by atoms with Gasteiger partial charge in [0.1, 0.15) is 19.5 Å². The maximum absolute atomic E-state index is 8.54. The van der Waals surface area contributed by atoms with Gasteiger partial charge < -0.3 is 0 Å². The number of azide groups is 2. The fourth-order valence-corrected chi connectivity index (χ4v) is 9.43. The van der Waals surface area contributed by atoms with Gasteiger partial charge >= 0.3 is 15.7 Å². The van der Waals surface area contributed by atoms with Gasteiger partial charge in [-0.25, -0.2) is 0 Å². The lowest BCUT2D eigenvalue weighted by atomic mass is 13.0. The Morgan fingerprint density at radius 1 is 0.900 bits per heavy atom. The lowest BCUT2D eigenvalue weighted by molar-refractivity contribution is 1.22. The highest BCUT2D eigenvalue weighted by atomic mass is 31.3. The first-order chi connectivity index (χ1) is 9.36. The Morgan fingerprint density at radius 2 is 1.35 bits per heavy atom. The maximum atomic E-state index is 8.54. The van der Waals surface area contributed by atoms with Gasteiger partial charge in [-0.3, -0.25) is 11.0 Å². The Morgan fingerprint density at radius 3 is 1.75 bits per heavy atom. The first-order valence-electron chi connectivity index (χ1n) is 4.21. The van der Waals surface area contributed by atoms with Crippen molar-refractivity contribution in [3.63, 3.8) is 0 Å². The van der Waals surface area contributed by atoms with Gasteiger partial charge in [-0.1, -0.05) is 9.37 Å². The van der Waals surface area contributed by atoms with Gasteiger partial charge in [-0.2, -0.15) is 0 Å². The summed E-state index contributed by atoms with van der Waals surface area (Å²) in [6.07, 6.45) is 0. The molecule has 1 rings (SSSR count). The molecule has 1 aliphatic rings. The Hall–Kier alpha value is -1.83. The minimum atomic E-state index is -3.64. The van der Waals surface area contributed by atoms with Crippen LogP contribution in [0.1, 0.15) is 0 Å². The monoisotopic (exact) mass is 337 g/mol. The van der Waals surface area contributed by atoms with Crippen molar-refractivity contribution in [3.05, 3.63) is 41.8 Å². The summed E-state index contributed by atoms with van der Waals surface area (Å²) in [6, 6.07) is 0. The fourth-order valence-electron chi connectivity index (χ4n) is 1.10. The molecule has 17 nitrogen and oxygen atoms in total. The zero-order valence-corrected chi connectivity index (χ0v) is 12.0. The molecular formula is H6N17P3+2. The zero-order chi connectivity index (χ0) is 15.3. The average molecular weight is 337 g/mol. The molecule has 0 bridgehead atoms. The van der Waals surface area contributed by atoms with Gasteiger partial charge in [-0.15, -0.1) is 0 Å². The van der Waals surface area contributed by atoms with Gasteiger partial charge in [0, 0.05) is 24.5 Å². The van der Waals surface area contributed by atoms with Crippen LogP contribution >= 0.6 is 23.2 Å². The number of nitrogens with two attached hydrogens (primary N) is 2. The van der Waals surface area contributed by atoms with E-state index in [-0.39, 0.29) is 0 Å². The SMILES string of the molecule is [N-]=[N+]=N[P+]1(N=[N+]=[N-])N=P(N)(N)N[P+](N=[N+]=[N-])(N=[N+]=[N-])N1. The summed E-state index contributed by atoms with van der Waals surface area (Å²) in [5.41, 5.74) is 45.4. The lowest BCUT2D eigenvalue weighted by Crippen LogP contribution is -2.32. The van der Waals surface area contributed by atoms with E-state index in [0.717, 1.165) is 0 Å². The van der Waals surface area contributed by atoms with Crippen LogP contribution in [-0.4, -0.2) is 0 Å². The molecule has 0 aliphatic carbocycles. The molecule has 0 spiro atoms. The second-order valence-electron chi connectivity index (χ2n) is 2.91. The molecule has 0 aromatic rings. The van der Waals surface area contributed by atoms with Crippen LogP contribution < -0.4 is 20.7 Å². The van der Waals surface area contributed by atoms with E-state index >= 15 is 0 Å². The molecule has 0 atom stereocenters. The standard InChI is InChI=1S/H6N17P3/c1-7-11-19(12-8-2)15-18(5,6)16-20(17-19,13-9-3)14-10-4/h15,17H,5-6H2/q+2. The second-order valence-corrected chi connectivity index (χ2v) is 9.76. The number of nitrogens with zero attached hydrogens (tertiary/aromatic N) is 13. The largest absolute Gasteiger partial charge is 0.462 e. The zero-order valence-electron chi connectivity index (χ0n) is 9.31. The number of rotatable bonds is 4. The number of nitrogens with one attached hydrogen (secondary N) is 2. The van der Waals surface area contributed by atoms with E-state index in [9.17, 15) is 0 Å². The average Bonchev–Trinajstić information content (AvgIpc) is 2.27. The molecule has 20 heteroatoms. The molecular weight excluding hydrogens is 331 g/mol. The second kappa shape index (κ2) is 6.08. The highest BCUT2D eigenvalue weighted by molar-refractivity contribution is 7.94. The van der Waals surface area contributed by atoms with Gasteiger partial charge in [0.15, 0.2) is 0 Å².